The Labute approximate surface area is 166 Å². The summed E-state index contributed by atoms with van der Waals surface area (Å²) in [5.74, 6) is 0.914. The molecule has 138 valence electrons. The number of carbonyl (C=O) groups is 1. The van der Waals surface area contributed by atoms with Crippen LogP contribution in [0.5, 0.6) is 0 Å². The van der Waals surface area contributed by atoms with Crippen molar-refractivity contribution in [2.45, 2.75) is 0 Å². The van der Waals surface area contributed by atoms with Crippen molar-refractivity contribution in [1.82, 2.24) is 14.9 Å². The standard InChI is InChI=1S/C19H18ClN5OS/c20-14-4-3-5-15(12-14)22-19-23-16(13-27-19)18(26)25-10-8-24(9-11-25)17-6-1-2-7-21-17/h1-7,12-13H,8-11H2,(H,22,23). The monoisotopic (exact) mass is 399 g/mol. The van der Waals surface area contributed by atoms with Gasteiger partial charge in [0, 0.05) is 48.5 Å². The molecule has 2 aromatic heterocycles. The number of anilines is 3. The van der Waals surface area contributed by atoms with Crippen LogP contribution in [0.1, 0.15) is 10.5 Å². The van der Waals surface area contributed by atoms with Crippen molar-refractivity contribution in [3.63, 3.8) is 0 Å². The average Bonchev–Trinajstić information content (AvgIpc) is 3.17. The first kappa shape index (κ1) is 17.8. The van der Waals surface area contributed by atoms with E-state index in [1.54, 1.807) is 11.6 Å². The average molecular weight is 400 g/mol. The zero-order valence-corrected chi connectivity index (χ0v) is 16.1. The van der Waals surface area contributed by atoms with Gasteiger partial charge in [0.25, 0.3) is 5.91 Å². The molecule has 1 amide bonds. The van der Waals surface area contributed by atoms with E-state index in [-0.39, 0.29) is 5.91 Å². The van der Waals surface area contributed by atoms with Gasteiger partial charge in [-0.3, -0.25) is 4.79 Å². The van der Waals surface area contributed by atoms with Gasteiger partial charge in [0.05, 0.1) is 0 Å². The van der Waals surface area contributed by atoms with Gasteiger partial charge in [-0.25, -0.2) is 9.97 Å². The van der Waals surface area contributed by atoms with Crippen LogP contribution in [-0.2, 0) is 0 Å². The number of rotatable bonds is 4. The molecule has 0 unspecified atom stereocenters. The maximum atomic E-state index is 12.7. The Hall–Kier alpha value is -2.64. The second kappa shape index (κ2) is 7.94. The first-order valence-corrected chi connectivity index (χ1v) is 9.88. The second-order valence-electron chi connectivity index (χ2n) is 6.14. The fraction of sp³-hybridized carbons (Fsp3) is 0.211. The summed E-state index contributed by atoms with van der Waals surface area (Å²) >= 11 is 7.40. The molecule has 0 aliphatic carbocycles. The molecule has 3 aromatic rings. The van der Waals surface area contributed by atoms with Crippen molar-refractivity contribution >= 4 is 45.5 Å². The smallest absolute Gasteiger partial charge is 0.273 e. The number of nitrogens with one attached hydrogen (secondary N) is 1. The van der Waals surface area contributed by atoms with Gasteiger partial charge < -0.3 is 15.1 Å². The highest BCUT2D eigenvalue weighted by atomic mass is 35.5. The number of thiazole rings is 1. The van der Waals surface area contributed by atoms with Gasteiger partial charge in [-0.05, 0) is 30.3 Å². The molecule has 0 radical (unpaired) electrons. The van der Waals surface area contributed by atoms with Crippen molar-refractivity contribution < 1.29 is 4.79 Å². The Morgan fingerprint density at radius 3 is 2.70 bits per heavy atom. The topological polar surface area (TPSA) is 61.4 Å². The van der Waals surface area contributed by atoms with Crippen LogP contribution >= 0.6 is 22.9 Å². The van der Waals surface area contributed by atoms with E-state index in [0.29, 0.717) is 28.9 Å². The highest BCUT2D eigenvalue weighted by molar-refractivity contribution is 7.14. The first-order chi connectivity index (χ1) is 13.2. The number of halogens is 1. The number of pyridine rings is 1. The SMILES string of the molecule is O=C(c1csc(Nc2cccc(Cl)c2)n1)N1CCN(c2ccccn2)CC1. The van der Waals surface area contributed by atoms with Gasteiger partial charge in [-0.1, -0.05) is 23.7 Å². The summed E-state index contributed by atoms with van der Waals surface area (Å²) in [5, 5.41) is 6.30. The number of aromatic nitrogens is 2. The Bertz CT molecular complexity index is 925. The Morgan fingerprint density at radius 2 is 1.96 bits per heavy atom. The van der Waals surface area contributed by atoms with E-state index in [9.17, 15) is 4.79 Å². The van der Waals surface area contributed by atoms with E-state index in [0.717, 1.165) is 24.6 Å². The third-order valence-corrected chi connectivity index (χ3v) is 5.33. The molecule has 3 heterocycles. The molecule has 1 fully saturated rings. The highest BCUT2D eigenvalue weighted by Gasteiger charge is 2.24. The molecule has 1 N–H and O–H groups in total. The van der Waals surface area contributed by atoms with Crippen LogP contribution in [0.25, 0.3) is 0 Å². The Morgan fingerprint density at radius 1 is 1.11 bits per heavy atom. The van der Waals surface area contributed by atoms with E-state index in [2.05, 4.69) is 20.2 Å². The van der Waals surface area contributed by atoms with E-state index in [1.165, 1.54) is 11.3 Å². The van der Waals surface area contributed by atoms with Gasteiger partial charge in [-0.2, -0.15) is 0 Å². The summed E-state index contributed by atoms with van der Waals surface area (Å²) in [4.78, 5) is 25.6. The van der Waals surface area contributed by atoms with Gasteiger partial charge in [0.1, 0.15) is 11.5 Å². The molecule has 1 aliphatic rings. The number of hydrogen-bond donors (Lipinski definition) is 1. The van der Waals surface area contributed by atoms with Crippen LogP contribution in [0.3, 0.4) is 0 Å². The quantitative estimate of drug-likeness (QED) is 0.721. The zero-order chi connectivity index (χ0) is 18.6. The lowest BCUT2D eigenvalue weighted by molar-refractivity contribution is 0.0741. The van der Waals surface area contributed by atoms with Crippen LogP contribution < -0.4 is 10.2 Å². The first-order valence-electron chi connectivity index (χ1n) is 8.62. The fourth-order valence-corrected chi connectivity index (χ4v) is 3.86. The van der Waals surface area contributed by atoms with E-state index >= 15 is 0 Å². The van der Waals surface area contributed by atoms with Crippen molar-refractivity contribution in [3.8, 4) is 0 Å². The summed E-state index contributed by atoms with van der Waals surface area (Å²) in [6.07, 6.45) is 1.79. The predicted molar refractivity (Wildman–Crippen MR) is 109 cm³/mol. The molecule has 6 nitrogen and oxygen atoms in total. The molecular formula is C19H18ClN5OS. The van der Waals surface area contributed by atoms with Crippen LogP contribution in [0.4, 0.5) is 16.6 Å². The number of benzene rings is 1. The number of carbonyl (C=O) groups excluding carboxylic acids is 1. The van der Waals surface area contributed by atoms with Crippen molar-refractivity contribution in [3.05, 3.63) is 64.8 Å². The van der Waals surface area contributed by atoms with E-state index in [4.69, 9.17) is 11.6 Å². The van der Waals surface area contributed by atoms with Gasteiger partial charge in [0.2, 0.25) is 0 Å². The van der Waals surface area contributed by atoms with Crippen molar-refractivity contribution in [1.29, 1.82) is 0 Å². The lowest BCUT2D eigenvalue weighted by Gasteiger charge is -2.35. The lowest BCUT2D eigenvalue weighted by atomic mass is 10.3. The normalized spacial score (nSPS) is 14.3. The lowest BCUT2D eigenvalue weighted by Crippen LogP contribution is -2.49. The maximum Gasteiger partial charge on any atom is 0.273 e. The van der Waals surface area contributed by atoms with Gasteiger partial charge >= 0.3 is 0 Å². The summed E-state index contributed by atoms with van der Waals surface area (Å²) in [6, 6.07) is 13.3. The van der Waals surface area contributed by atoms with E-state index in [1.807, 2.05) is 47.4 Å². The van der Waals surface area contributed by atoms with Gasteiger partial charge in [-0.15, -0.1) is 11.3 Å². The number of hydrogen-bond acceptors (Lipinski definition) is 6. The molecule has 1 saturated heterocycles. The fourth-order valence-electron chi connectivity index (χ4n) is 2.96. The molecule has 0 bridgehead atoms. The summed E-state index contributed by atoms with van der Waals surface area (Å²) in [7, 11) is 0. The molecule has 27 heavy (non-hydrogen) atoms. The third kappa shape index (κ3) is 4.20. The molecule has 0 spiro atoms. The zero-order valence-electron chi connectivity index (χ0n) is 14.5. The van der Waals surface area contributed by atoms with Crippen molar-refractivity contribution in [2.75, 3.05) is 36.4 Å². The van der Waals surface area contributed by atoms with Gasteiger partial charge in [0.15, 0.2) is 5.13 Å². The third-order valence-electron chi connectivity index (χ3n) is 4.34. The number of amides is 1. The van der Waals surface area contributed by atoms with E-state index < -0.39 is 0 Å². The Kier molecular flexibility index (Phi) is 5.22. The second-order valence-corrected chi connectivity index (χ2v) is 7.43. The number of nitrogens with zero attached hydrogens (tertiary/aromatic N) is 4. The van der Waals surface area contributed by atoms with Crippen LogP contribution in [0.2, 0.25) is 5.02 Å². The molecular weight excluding hydrogens is 382 g/mol. The predicted octanol–water partition coefficient (Wildman–Crippen LogP) is 3.90. The summed E-state index contributed by atoms with van der Waals surface area (Å²) < 4.78 is 0. The molecule has 1 aromatic carbocycles. The van der Waals surface area contributed by atoms with Crippen LogP contribution in [-0.4, -0.2) is 47.0 Å². The minimum atomic E-state index is -0.0361. The molecule has 0 saturated carbocycles. The molecule has 8 heteroatoms. The van der Waals surface area contributed by atoms with Crippen LogP contribution in [0, 0.1) is 0 Å². The largest absolute Gasteiger partial charge is 0.353 e. The molecule has 4 rings (SSSR count). The minimum Gasteiger partial charge on any atom is -0.353 e. The summed E-state index contributed by atoms with van der Waals surface area (Å²) in [5.41, 5.74) is 1.32. The Balaban J connectivity index is 1.37. The number of piperazine rings is 1. The highest BCUT2D eigenvalue weighted by Crippen LogP contribution is 2.24. The molecule has 1 aliphatic heterocycles. The minimum absolute atomic E-state index is 0.0361. The maximum absolute atomic E-state index is 12.7. The molecule has 0 atom stereocenters. The van der Waals surface area contributed by atoms with Crippen LogP contribution in [0.15, 0.2) is 54.0 Å². The van der Waals surface area contributed by atoms with Crippen molar-refractivity contribution in [2.24, 2.45) is 0 Å². The summed E-state index contributed by atoms with van der Waals surface area (Å²) in [6.45, 7) is 2.84.